The van der Waals surface area contributed by atoms with Gasteiger partial charge in [-0.05, 0) is 56.9 Å². The van der Waals surface area contributed by atoms with Gasteiger partial charge in [-0.3, -0.25) is 4.79 Å². The number of piperidine rings is 1. The fourth-order valence-corrected chi connectivity index (χ4v) is 3.65. The highest BCUT2D eigenvalue weighted by Gasteiger charge is 2.27. The molecule has 144 valence electrons. The molecule has 2 aliphatic heterocycles. The van der Waals surface area contributed by atoms with Gasteiger partial charge in [0.1, 0.15) is 12.4 Å². The summed E-state index contributed by atoms with van der Waals surface area (Å²) < 4.78 is 16.6. The maximum absolute atomic E-state index is 12.7. The maximum atomic E-state index is 12.7. The molecule has 2 aromatic rings. The number of likely N-dealkylation sites (tertiary alicyclic amines) is 1. The molecule has 3 heterocycles. The Morgan fingerprint density at radius 3 is 2.63 bits per heavy atom. The summed E-state index contributed by atoms with van der Waals surface area (Å²) in [5.74, 6) is 2.41. The van der Waals surface area contributed by atoms with Crippen LogP contribution in [0.4, 0.5) is 0 Å². The summed E-state index contributed by atoms with van der Waals surface area (Å²) in [7, 11) is 0. The lowest BCUT2D eigenvalue weighted by Crippen LogP contribution is -2.38. The molecule has 2 fully saturated rings. The lowest BCUT2D eigenvalue weighted by molar-refractivity contribution is 0.0676. The molecular weight excluding hydrogens is 346 g/mol. The molecule has 0 aliphatic carbocycles. The van der Waals surface area contributed by atoms with Gasteiger partial charge in [0.25, 0.3) is 5.91 Å². The highest BCUT2D eigenvalue weighted by Crippen LogP contribution is 2.27. The van der Waals surface area contributed by atoms with E-state index in [0.717, 1.165) is 38.0 Å². The highest BCUT2D eigenvalue weighted by molar-refractivity contribution is 5.94. The van der Waals surface area contributed by atoms with Gasteiger partial charge in [-0.25, -0.2) is 0 Å². The van der Waals surface area contributed by atoms with Crippen molar-refractivity contribution in [3.05, 3.63) is 41.5 Å². The Bertz CT molecular complexity index is 760. The molecule has 1 aromatic carbocycles. The van der Waals surface area contributed by atoms with Crippen molar-refractivity contribution in [3.8, 4) is 5.75 Å². The minimum Gasteiger partial charge on any atom is -0.491 e. The van der Waals surface area contributed by atoms with Gasteiger partial charge in [-0.2, -0.15) is 4.98 Å². The standard InChI is InChI=1S/C20H25N3O4/c1-14-21-19(27-22-14)15-8-10-23(11-9-15)20(24)16-4-6-17(7-5-16)26-13-18-3-2-12-25-18/h4-7,15,18H,2-3,8-13H2,1H3. The molecule has 0 spiro atoms. The summed E-state index contributed by atoms with van der Waals surface area (Å²) in [6.07, 6.45) is 4.03. The van der Waals surface area contributed by atoms with Crippen molar-refractivity contribution in [2.75, 3.05) is 26.3 Å². The van der Waals surface area contributed by atoms with Gasteiger partial charge < -0.3 is 18.9 Å². The van der Waals surface area contributed by atoms with Gasteiger partial charge in [0.05, 0.1) is 6.10 Å². The predicted molar refractivity (Wildman–Crippen MR) is 97.8 cm³/mol. The molecule has 1 amide bonds. The third-order valence-electron chi connectivity index (χ3n) is 5.24. The van der Waals surface area contributed by atoms with Crippen LogP contribution in [0.25, 0.3) is 0 Å². The predicted octanol–water partition coefficient (Wildman–Crippen LogP) is 2.96. The number of carbonyl (C=O) groups is 1. The molecule has 1 aromatic heterocycles. The zero-order chi connectivity index (χ0) is 18.6. The molecule has 0 saturated carbocycles. The van der Waals surface area contributed by atoms with Crippen molar-refractivity contribution >= 4 is 5.91 Å². The third kappa shape index (κ3) is 4.30. The Hall–Kier alpha value is -2.41. The second kappa shape index (κ2) is 8.08. The Balaban J connectivity index is 1.29. The van der Waals surface area contributed by atoms with E-state index in [0.29, 0.717) is 37.0 Å². The first kappa shape index (κ1) is 18.0. The Labute approximate surface area is 158 Å². The largest absolute Gasteiger partial charge is 0.491 e. The summed E-state index contributed by atoms with van der Waals surface area (Å²) in [5, 5.41) is 3.86. The number of aryl methyl sites for hydroxylation is 1. The van der Waals surface area contributed by atoms with Crippen LogP contribution in [-0.2, 0) is 4.74 Å². The molecule has 2 aliphatic rings. The molecule has 27 heavy (non-hydrogen) atoms. The second-order valence-electron chi connectivity index (χ2n) is 7.22. The van der Waals surface area contributed by atoms with Crippen LogP contribution in [0.5, 0.6) is 5.75 Å². The van der Waals surface area contributed by atoms with Crippen molar-refractivity contribution in [1.29, 1.82) is 0 Å². The lowest BCUT2D eigenvalue weighted by atomic mass is 9.96. The van der Waals surface area contributed by atoms with Crippen molar-refractivity contribution in [2.45, 2.75) is 44.6 Å². The zero-order valence-corrected chi connectivity index (χ0v) is 15.6. The maximum Gasteiger partial charge on any atom is 0.253 e. The van der Waals surface area contributed by atoms with Crippen LogP contribution in [0.1, 0.15) is 53.7 Å². The first-order valence-electron chi connectivity index (χ1n) is 9.63. The topological polar surface area (TPSA) is 77.7 Å². The number of amides is 1. The fourth-order valence-electron chi connectivity index (χ4n) is 3.65. The SMILES string of the molecule is Cc1noc(C2CCN(C(=O)c3ccc(OCC4CCCO4)cc3)CC2)n1. The van der Waals surface area contributed by atoms with Gasteiger partial charge in [-0.1, -0.05) is 5.16 Å². The zero-order valence-electron chi connectivity index (χ0n) is 15.6. The first-order chi connectivity index (χ1) is 13.2. The summed E-state index contributed by atoms with van der Waals surface area (Å²) in [5.41, 5.74) is 0.687. The lowest BCUT2D eigenvalue weighted by Gasteiger charge is -2.30. The second-order valence-corrected chi connectivity index (χ2v) is 7.22. The van der Waals surface area contributed by atoms with Crippen molar-refractivity contribution in [2.24, 2.45) is 0 Å². The van der Waals surface area contributed by atoms with Crippen molar-refractivity contribution < 1.29 is 18.8 Å². The van der Waals surface area contributed by atoms with Gasteiger partial charge >= 0.3 is 0 Å². The summed E-state index contributed by atoms with van der Waals surface area (Å²) in [6.45, 7) is 4.60. The Morgan fingerprint density at radius 1 is 1.22 bits per heavy atom. The summed E-state index contributed by atoms with van der Waals surface area (Å²) in [6, 6.07) is 7.38. The van der Waals surface area contributed by atoms with E-state index in [1.807, 2.05) is 36.1 Å². The fraction of sp³-hybridized carbons (Fsp3) is 0.550. The van der Waals surface area contributed by atoms with E-state index in [1.54, 1.807) is 0 Å². The minimum absolute atomic E-state index is 0.0563. The number of benzene rings is 1. The van der Waals surface area contributed by atoms with Crippen LogP contribution in [0.2, 0.25) is 0 Å². The summed E-state index contributed by atoms with van der Waals surface area (Å²) in [4.78, 5) is 18.9. The monoisotopic (exact) mass is 371 g/mol. The number of aromatic nitrogens is 2. The van der Waals surface area contributed by atoms with E-state index in [-0.39, 0.29) is 17.9 Å². The van der Waals surface area contributed by atoms with Crippen LogP contribution >= 0.6 is 0 Å². The van der Waals surface area contributed by atoms with Crippen molar-refractivity contribution in [1.82, 2.24) is 15.0 Å². The average molecular weight is 371 g/mol. The van der Waals surface area contributed by atoms with Crippen LogP contribution in [0.3, 0.4) is 0 Å². The molecule has 0 N–H and O–H groups in total. The normalized spacial score (nSPS) is 20.8. The molecular formula is C20H25N3O4. The number of carbonyl (C=O) groups excluding carboxylic acids is 1. The minimum atomic E-state index is 0.0563. The molecule has 1 unspecified atom stereocenters. The third-order valence-corrected chi connectivity index (χ3v) is 5.24. The molecule has 4 rings (SSSR count). The molecule has 0 radical (unpaired) electrons. The molecule has 2 saturated heterocycles. The molecule has 7 heteroatoms. The smallest absolute Gasteiger partial charge is 0.253 e. The van der Waals surface area contributed by atoms with Crippen LogP contribution < -0.4 is 4.74 Å². The van der Waals surface area contributed by atoms with Crippen molar-refractivity contribution in [3.63, 3.8) is 0 Å². The van der Waals surface area contributed by atoms with E-state index in [2.05, 4.69) is 10.1 Å². The van der Waals surface area contributed by atoms with E-state index in [1.165, 1.54) is 0 Å². The van der Waals surface area contributed by atoms with Gasteiger partial charge in [0, 0.05) is 31.2 Å². The van der Waals surface area contributed by atoms with Gasteiger partial charge in [-0.15, -0.1) is 0 Å². The molecule has 7 nitrogen and oxygen atoms in total. The van der Waals surface area contributed by atoms with Crippen LogP contribution in [-0.4, -0.2) is 53.4 Å². The summed E-state index contributed by atoms with van der Waals surface area (Å²) >= 11 is 0. The van der Waals surface area contributed by atoms with Gasteiger partial charge in [0.2, 0.25) is 5.89 Å². The Morgan fingerprint density at radius 2 is 2.00 bits per heavy atom. The van der Waals surface area contributed by atoms with E-state index < -0.39 is 0 Å². The average Bonchev–Trinajstić information content (AvgIpc) is 3.38. The quantitative estimate of drug-likeness (QED) is 0.804. The molecule has 1 atom stereocenters. The Kier molecular flexibility index (Phi) is 5.38. The molecule has 0 bridgehead atoms. The van der Waals surface area contributed by atoms with E-state index in [4.69, 9.17) is 14.0 Å². The van der Waals surface area contributed by atoms with E-state index in [9.17, 15) is 4.79 Å². The highest BCUT2D eigenvalue weighted by atomic mass is 16.5. The number of hydrogen-bond donors (Lipinski definition) is 0. The number of hydrogen-bond acceptors (Lipinski definition) is 6. The van der Waals surface area contributed by atoms with Crippen LogP contribution in [0, 0.1) is 6.92 Å². The number of ether oxygens (including phenoxy) is 2. The number of rotatable bonds is 5. The van der Waals surface area contributed by atoms with Crippen LogP contribution in [0.15, 0.2) is 28.8 Å². The van der Waals surface area contributed by atoms with E-state index >= 15 is 0 Å². The number of nitrogens with zero attached hydrogens (tertiary/aromatic N) is 3. The first-order valence-corrected chi connectivity index (χ1v) is 9.63. The van der Waals surface area contributed by atoms with Gasteiger partial charge in [0.15, 0.2) is 5.82 Å².